The Morgan fingerprint density at radius 2 is 0.538 bits per heavy atom. The summed E-state index contributed by atoms with van der Waals surface area (Å²) >= 11 is 0. The molecule has 1 aliphatic rings. The van der Waals surface area contributed by atoms with Crippen LogP contribution in [0.15, 0.2) is 0 Å². The molecule has 0 N–H and O–H groups in total. The Morgan fingerprint density at radius 1 is 0.346 bits per heavy atom. The molecule has 0 saturated carbocycles. The largest absolute Gasteiger partial charge is 0.455 e. The van der Waals surface area contributed by atoms with Crippen LogP contribution in [0.25, 0.3) is 0 Å². The topological polar surface area (TPSA) is 18.5 Å². The Balaban J connectivity index is 2.63. The minimum atomic E-state index is -1.47. The van der Waals surface area contributed by atoms with Gasteiger partial charge in [0.25, 0.3) is 0 Å². The Hall–Kier alpha value is 0.788. The molecule has 1 saturated heterocycles. The predicted molar refractivity (Wildman–Crippen MR) is 128 cm³/mol. The van der Waals surface area contributed by atoms with Gasteiger partial charge in [-0.1, -0.05) is 51.4 Å². The van der Waals surface area contributed by atoms with E-state index in [2.05, 4.69) is 52.4 Å². The number of hydrogen-bond donors (Lipinski definition) is 0. The van der Waals surface area contributed by atoms with Crippen molar-refractivity contribution in [3.8, 4) is 0 Å². The molecule has 26 heavy (non-hydrogen) atoms. The second-order valence-corrected chi connectivity index (χ2v) is 28.8. The van der Waals surface area contributed by atoms with Crippen molar-refractivity contribution in [2.45, 2.75) is 128 Å². The molecule has 0 aromatic rings. The molecule has 1 heterocycles. The zero-order valence-electron chi connectivity index (χ0n) is 19.3. The van der Waals surface area contributed by atoms with Crippen LogP contribution in [0.5, 0.6) is 0 Å². The van der Waals surface area contributed by atoms with Crippen LogP contribution in [-0.2, 0) is 8.23 Å². The lowest BCUT2D eigenvalue weighted by atomic mass is 10.2. The molecular weight excluding hydrogens is 385 g/mol. The van der Waals surface area contributed by atoms with E-state index in [1.165, 1.54) is 75.5 Å². The minimum Gasteiger partial charge on any atom is -0.455 e. The van der Waals surface area contributed by atoms with Crippen LogP contribution in [0.4, 0.5) is 0 Å². The van der Waals surface area contributed by atoms with Gasteiger partial charge in [-0.3, -0.25) is 0 Å². The third kappa shape index (κ3) is 11.6. The molecule has 1 fully saturated rings. The van der Waals surface area contributed by atoms with E-state index >= 15 is 0 Å². The van der Waals surface area contributed by atoms with Crippen LogP contribution in [0, 0.1) is 0 Å². The van der Waals surface area contributed by atoms with Crippen molar-refractivity contribution in [3.05, 3.63) is 0 Å². The summed E-state index contributed by atoms with van der Waals surface area (Å²) in [4.78, 5) is 0. The highest BCUT2D eigenvalue weighted by Crippen LogP contribution is 2.28. The highest BCUT2D eigenvalue weighted by atomic mass is 28.4. The van der Waals surface area contributed by atoms with Crippen molar-refractivity contribution in [3.63, 3.8) is 0 Å². The highest BCUT2D eigenvalue weighted by Gasteiger charge is 2.33. The average Bonchev–Trinajstić information content (AvgIpc) is 2.43. The van der Waals surface area contributed by atoms with E-state index < -0.39 is 33.3 Å². The zero-order chi connectivity index (χ0) is 19.9. The summed E-state index contributed by atoms with van der Waals surface area (Å²) < 4.78 is 13.6. The smallest absolute Gasteiger partial charge is 0.173 e. The molecule has 0 aromatic carbocycles. The molecule has 0 aliphatic carbocycles. The van der Waals surface area contributed by atoms with Gasteiger partial charge in [0.15, 0.2) is 33.3 Å². The van der Waals surface area contributed by atoms with Gasteiger partial charge in [0.1, 0.15) is 0 Å². The van der Waals surface area contributed by atoms with Gasteiger partial charge in [-0.2, -0.15) is 0 Å². The first kappa shape index (κ1) is 24.8. The molecule has 0 atom stereocenters. The maximum absolute atomic E-state index is 6.81. The van der Waals surface area contributed by atoms with E-state index in [9.17, 15) is 0 Å². The summed E-state index contributed by atoms with van der Waals surface area (Å²) in [5.41, 5.74) is 0. The maximum Gasteiger partial charge on any atom is 0.173 e. The highest BCUT2D eigenvalue weighted by molar-refractivity contribution is 6.85. The van der Waals surface area contributed by atoms with E-state index in [0.717, 1.165) is 0 Å². The minimum absolute atomic E-state index is 1.35. The van der Waals surface area contributed by atoms with Crippen LogP contribution in [0.1, 0.15) is 51.4 Å². The van der Waals surface area contributed by atoms with Crippen molar-refractivity contribution in [1.29, 1.82) is 0 Å². The van der Waals surface area contributed by atoms with E-state index in [-0.39, 0.29) is 0 Å². The summed E-state index contributed by atoms with van der Waals surface area (Å²) in [6.07, 6.45) is 11.0. The Morgan fingerprint density at radius 3 is 0.731 bits per heavy atom. The van der Waals surface area contributed by atoms with Gasteiger partial charge >= 0.3 is 0 Å². The van der Waals surface area contributed by atoms with Crippen LogP contribution < -0.4 is 0 Å². The van der Waals surface area contributed by atoms with E-state index in [1.807, 2.05) is 0 Å². The van der Waals surface area contributed by atoms with Crippen LogP contribution in [-0.4, -0.2) is 33.3 Å². The monoisotopic (exact) mass is 432 g/mol. The third-order valence-corrected chi connectivity index (χ3v) is 20.8. The standard InChI is InChI=1S/C20H48O2Si4/c1-23(2)17-13-9-10-15-19-25(5,6)22-26(7,8)20-16-12-11-14-18-24(3,4)21-23/h9-20H2,1-8H3. The van der Waals surface area contributed by atoms with Crippen molar-refractivity contribution in [1.82, 2.24) is 0 Å². The summed E-state index contributed by atoms with van der Waals surface area (Å²) in [7, 11) is -5.87. The van der Waals surface area contributed by atoms with Crippen molar-refractivity contribution in [2.75, 3.05) is 0 Å². The van der Waals surface area contributed by atoms with E-state index in [0.29, 0.717) is 0 Å². The Labute approximate surface area is 169 Å². The molecule has 0 aromatic heterocycles. The first-order valence-corrected chi connectivity index (χ1v) is 23.7. The molecule has 0 amide bonds. The van der Waals surface area contributed by atoms with Gasteiger partial charge in [0.05, 0.1) is 0 Å². The molecule has 0 radical (unpaired) electrons. The fourth-order valence-electron chi connectivity index (χ4n) is 4.61. The summed E-state index contributed by atoms with van der Waals surface area (Å²) in [5.74, 6) is 0. The predicted octanol–water partition coefficient (Wildman–Crippen LogP) is 7.97. The number of hydrogen-bond acceptors (Lipinski definition) is 2. The quantitative estimate of drug-likeness (QED) is 0.361. The first-order valence-electron chi connectivity index (χ1n) is 11.2. The maximum atomic E-state index is 6.81. The normalized spacial score (nSPS) is 28.6. The Kier molecular flexibility index (Phi) is 10.1. The van der Waals surface area contributed by atoms with Gasteiger partial charge in [0.2, 0.25) is 0 Å². The van der Waals surface area contributed by atoms with Crippen LogP contribution >= 0.6 is 0 Å². The van der Waals surface area contributed by atoms with Crippen molar-refractivity contribution in [2.24, 2.45) is 0 Å². The molecule has 156 valence electrons. The lowest BCUT2D eigenvalue weighted by Crippen LogP contribution is -2.44. The molecule has 0 bridgehead atoms. The fourth-order valence-corrected chi connectivity index (χ4v) is 22.6. The first-order chi connectivity index (χ1) is 11.8. The summed E-state index contributed by atoms with van der Waals surface area (Å²) in [6, 6.07) is 5.39. The van der Waals surface area contributed by atoms with Gasteiger partial charge in [0, 0.05) is 0 Å². The molecule has 1 rings (SSSR count). The van der Waals surface area contributed by atoms with Gasteiger partial charge in [-0.15, -0.1) is 0 Å². The van der Waals surface area contributed by atoms with Crippen molar-refractivity contribution < 1.29 is 8.23 Å². The molecular formula is C20H48O2Si4. The molecule has 6 heteroatoms. The summed E-state index contributed by atoms with van der Waals surface area (Å²) in [5, 5.41) is 0. The third-order valence-electron chi connectivity index (χ3n) is 5.72. The second-order valence-electron chi connectivity index (χ2n) is 11.1. The number of rotatable bonds is 0. The average molecular weight is 433 g/mol. The Bertz CT molecular complexity index is 335. The molecule has 0 unspecified atom stereocenters. The van der Waals surface area contributed by atoms with E-state index in [1.54, 1.807) is 0 Å². The molecule has 0 spiro atoms. The zero-order valence-corrected chi connectivity index (χ0v) is 23.3. The van der Waals surface area contributed by atoms with Gasteiger partial charge in [-0.05, 0) is 76.6 Å². The van der Waals surface area contributed by atoms with E-state index in [4.69, 9.17) is 8.23 Å². The fraction of sp³-hybridized carbons (Fsp3) is 1.00. The SMILES string of the molecule is C[Si]1(C)CCCCCC[Si](C)(C)O[Si](C)(C)CCCCCC[Si](C)(C)O1. The van der Waals surface area contributed by atoms with Crippen molar-refractivity contribution >= 4 is 33.3 Å². The van der Waals surface area contributed by atoms with Crippen LogP contribution in [0.2, 0.25) is 76.6 Å². The molecule has 2 nitrogen and oxygen atoms in total. The van der Waals surface area contributed by atoms with Gasteiger partial charge < -0.3 is 8.23 Å². The molecule has 1 aliphatic heterocycles. The lowest BCUT2D eigenvalue weighted by molar-refractivity contribution is 0.510. The lowest BCUT2D eigenvalue weighted by Gasteiger charge is -2.35. The van der Waals surface area contributed by atoms with Gasteiger partial charge in [-0.25, -0.2) is 0 Å². The second kappa shape index (κ2) is 10.5. The summed E-state index contributed by atoms with van der Waals surface area (Å²) in [6.45, 7) is 19.6. The van der Waals surface area contributed by atoms with Crippen LogP contribution in [0.3, 0.4) is 0 Å².